The molecule has 10 aromatic heterocycles. The van der Waals surface area contributed by atoms with Crippen molar-refractivity contribution in [2.75, 3.05) is 20.0 Å². The van der Waals surface area contributed by atoms with E-state index >= 15 is 0 Å². The van der Waals surface area contributed by atoms with E-state index in [0.29, 0.717) is 31.4 Å². The van der Waals surface area contributed by atoms with Crippen LogP contribution in [0.1, 0.15) is 0 Å². The van der Waals surface area contributed by atoms with E-state index < -0.39 is 0 Å². The molecule has 0 aliphatic carbocycles. The number of aromatic nitrogens is 10. The Morgan fingerprint density at radius 3 is 1.42 bits per heavy atom. The molecule has 12 heterocycles. The lowest BCUT2D eigenvalue weighted by Gasteiger charge is -2.17. The molecular formula is C63H48N10O9S. The summed E-state index contributed by atoms with van der Waals surface area (Å²) in [5.41, 5.74) is 11.9. The van der Waals surface area contributed by atoms with Crippen LogP contribution < -0.4 is 18.9 Å². The second-order valence-corrected chi connectivity index (χ2v) is 17.6. The van der Waals surface area contributed by atoms with E-state index in [-0.39, 0.29) is 0 Å². The highest BCUT2D eigenvalue weighted by atomic mass is 32.1. The van der Waals surface area contributed by atoms with E-state index in [4.69, 9.17) is 41.0 Å². The lowest BCUT2D eigenvalue weighted by molar-refractivity contribution is 0.171. The van der Waals surface area contributed by atoms with Crippen LogP contribution in [0, 0.1) is 0 Å². The lowest BCUT2D eigenvalue weighted by atomic mass is 10.2. The van der Waals surface area contributed by atoms with Crippen molar-refractivity contribution >= 4 is 88.2 Å². The lowest BCUT2D eigenvalue weighted by Crippen LogP contribution is -2.14. The van der Waals surface area contributed by atoms with Crippen molar-refractivity contribution in [2.45, 2.75) is 0 Å². The van der Waals surface area contributed by atoms with E-state index in [1.807, 2.05) is 175 Å². The number of benzene rings is 6. The van der Waals surface area contributed by atoms with Gasteiger partial charge in [0.05, 0.1) is 27.4 Å². The number of para-hydroxylation sites is 10. The standard InChI is InChI=1S/C9H7N.C8H8O2.2C7H5NO.C7H5NS.C7H6O2.3C6H4N2O/c1-2-6-9-8(4-1)5-3-7-10-9;1-2-4-8-7(3-1)9-5-6-10-8;4*1-2-4-7-6(3-1)8-5-9-7;1-2-7-3-6-5(1)8-4-9-6;1-2-5-6(7-3-1)8-4-9-5;1-2-5-6(7-3-1)9-4-8-5/h1-7H;1-4H,5-6H2;3*1-5H;1-4H,5H2;3*1-4H. The summed E-state index contributed by atoms with van der Waals surface area (Å²) in [7, 11) is 0. The van der Waals surface area contributed by atoms with E-state index in [2.05, 4.69) is 68.0 Å². The number of rotatable bonds is 0. The molecule has 18 rings (SSSR count). The Hall–Kier alpha value is -11.4. The number of pyridine rings is 4. The van der Waals surface area contributed by atoms with Crippen LogP contribution in [0.5, 0.6) is 23.0 Å². The molecule has 0 unspecified atom stereocenters. The molecule has 0 N–H and O–H groups in total. The molecule has 0 saturated carbocycles. The Bertz CT molecular complexity index is 3680. The number of ether oxygens (including phenoxy) is 4. The minimum absolute atomic E-state index is 0.360. The van der Waals surface area contributed by atoms with Gasteiger partial charge in [0.2, 0.25) is 12.5 Å². The minimum Gasteiger partial charge on any atom is -0.486 e. The minimum atomic E-state index is 0.360. The Kier molecular flexibility index (Phi) is 19.6. The van der Waals surface area contributed by atoms with Crippen molar-refractivity contribution in [3.05, 3.63) is 257 Å². The maximum absolute atomic E-state index is 5.30. The van der Waals surface area contributed by atoms with Gasteiger partial charge in [0.25, 0.3) is 0 Å². The topological polar surface area (TPSA) is 232 Å². The first-order valence-corrected chi connectivity index (χ1v) is 26.3. The highest BCUT2D eigenvalue weighted by molar-refractivity contribution is 7.16. The van der Waals surface area contributed by atoms with Crippen molar-refractivity contribution in [3.8, 4) is 23.0 Å². The van der Waals surface area contributed by atoms with Gasteiger partial charge >= 0.3 is 0 Å². The van der Waals surface area contributed by atoms with Crippen molar-refractivity contribution < 1.29 is 41.0 Å². The molecular weight excluding hydrogens is 1070 g/mol. The number of oxazole rings is 5. The molecule has 0 bridgehead atoms. The van der Waals surface area contributed by atoms with Gasteiger partial charge in [-0.2, -0.15) is 4.98 Å². The molecule has 0 fully saturated rings. The summed E-state index contributed by atoms with van der Waals surface area (Å²) in [6.07, 6.45) is 15.6. The summed E-state index contributed by atoms with van der Waals surface area (Å²) in [5, 5.41) is 1.20. The SMILES string of the molecule is c1cc2ncoc2cn1.c1ccc2c(c1)OCCO2.c1ccc2c(c1)OCO2.c1ccc2ncccc2c1.c1ccc2ocnc2c1.c1ccc2ocnc2c1.c1ccc2scnc2c1.c1cnc2ncoc2c1.c1cnc2ocnc2c1. The third-order valence-corrected chi connectivity index (χ3v) is 12.1. The van der Waals surface area contributed by atoms with Crippen LogP contribution in [0.25, 0.3) is 76.9 Å². The van der Waals surface area contributed by atoms with Crippen LogP contribution in [-0.2, 0) is 0 Å². The predicted molar refractivity (Wildman–Crippen MR) is 315 cm³/mol. The average molecular weight is 1120 g/mol. The largest absolute Gasteiger partial charge is 0.486 e. The van der Waals surface area contributed by atoms with Gasteiger partial charge < -0.3 is 41.0 Å². The molecule has 0 spiro atoms. The molecule has 19 nitrogen and oxygen atoms in total. The molecule has 410 valence electrons. The quantitative estimate of drug-likeness (QED) is 0.137. The van der Waals surface area contributed by atoms with Gasteiger partial charge in [0.15, 0.2) is 82.9 Å². The van der Waals surface area contributed by atoms with Crippen molar-refractivity contribution in [1.82, 2.24) is 49.8 Å². The van der Waals surface area contributed by atoms with Crippen LogP contribution in [0.15, 0.2) is 279 Å². The molecule has 16 aromatic rings. The fourth-order valence-electron chi connectivity index (χ4n) is 7.38. The number of fused-ring (bicyclic) bond motifs is 9. The smallest absolute Gasteiger partial charge is 0.246 e. The summed E-state index contributed by atoms with van der Waals surface area (Å²) in [5.74, 6) is 3.40. The third-order valence-electron chi connectivity index (χ3n) is 11.3. The number of hydrogen-bond donors (Lipinski definition) is 0. The Labute approximate surface area is 476 Å². The summed E-state index contributed by atoms with van der Waals surface area (Å²) in [6.45, 7) is 1.69. The van der Waals surface area contributed by atoms with E-state index in [1.165, 1.54) is 42.1 Å². The van der Waals surface area contributed by atoms with Crippen molar-refractivity contribution in [1.29, 1.82) is 0 Å². The Morgan fingerprint density at radius 2 is 0.783 bits per heavy atom. The van der Waals surface area contributed by atoms with Gasteiger partial charge in [0, 0.05) is 30.2 Å². The molecule has 0 amide bonds. The third kappa shape index (κ3) is 16.1. The molecule has 6 aromatic carbocycles. The fraction of sp³-hybridized carbons (Fsp3) is 0.0476. The molecule has 83 heavy (non-hydrogen) atoms. The van der Waals surface area contributed by atoms with Crippen LogP contribution in [0.3, 0.4) is 0 Å². The maximum Gasteiger partial charge on any atom is 0.246 e. The second-order valence-electron chi connectivity index (χ2n) is 16.7. The van der Waals surface area contributed by atoms with Crippen LogP contribution in [-0.4, -0.2) is 69.8 Å². The first kappa shape index (κ1) is 55.0. The Morgan fingerprint density at radius 1 is 0.313 bits per heavy atom. The first-order chi connectivity index (χ1) is 41.2. The maximum atomic E-state index is 5.30. The van der Waals surface area contributed by atoms with Crippen LogP contribution >= 0.6 is 11.3 Å². The number of nitrogens with zero attached hydrogens (tertiary/aromatic N) is 10. The molecule has 0 radical (unpaired) electrons. The zero-order chi connectivity index (χ0) is 56.4. The van der Waals surface area contributed by atoms with Crippen molar-refractivity contribution in [3.63, 3.8) is 0 Å². The number of hydrogen-bond acceptors (Lipinski definition) is 20. The molecule has 2 aliphatic heterocycles. The molecule has 2 aliphatic rings. The van der Waals surface area contributed by atoms with Gasteiger partial charge in [0.1, 0.15) is 35.3 Å². The van der Waals surface area contributed by atoms with E-state index in [9.17, 15) is 0 Å². The van der Waals surface area contributed by atoms with Gasteiger partial charge in [-0.1, -0.05) is 84.9 Å². The van der Waals surface area contributed by atoms with Crippen LogP contribution in [0.4, 0.5) is 0 Å². The fourth-order valence-corrected chi connectivity index (χ4v) is 8.06. The monoisotopic (exact) mass is 1120 g/mol. The molecule has 0 saturated heterocycles. The molecule has 0 atom stereocenters. The predicted octanol–water partition coefficient (Wildman–Crippen LogP) is 14.7. The summed E-state index contributed by atoms with van der Waals surface area (Å²) < 4.78 is 46.8. The van der Waals surface area contributed by atoms with Gasteiger partial charge in [-0.15, -0.1) is 11.3 Å². The summed E-state index contributed by atoms with van der Waals surface area (Å²) in [4.78, 5) is 39.6. The summed E-state index contributed by atoms with van der Waals surface area (Å²) in [6, 6.07) is 60.0. The highest BCUT2D eigenvalue weighted by Crippen LogP contribution is 2.30. The highest BCUT2D eigenvalue weighted by Gasteiger charge is 2.10. The molecule has 20 heteroatoms. The first-order valence-electron chi connectivity index (χ1n) is 25.5. The van der Waals surface area contributed by atoms with E-state index in [0.717, 1.165) is 78.4 Å². The van der Waals surface area contributed by atoms with Gasteiger partial charge in [-0.25, -0.2) is 34.9 Å². The van der Waals surface area contributed by atoms with E-state index in [1.54, 1.807) is 42.2 Å². The second kappa shape index (κ2) is 29.6. The van der Waals surface area contributed by atoms with Crippen LogP contribution in [0.2, 0.25) is 0 Å². The van der Waals surface area contributed by atoms with Gasteiger partial charge in [-0.3, -0.25) is 9.97 Å². The average Bonchev–Trinajstić information content (AvgIpc) is 4.44. The Balaban J connectivity index is 0.000000104. The zero-order valence-corrected chi connectivity index (χ0v) is 44.7. The normalized spacial score (nSPS) is 11.1. The number of thiazole rings is 1. The van der Waals surface area contributed by atoms with Crippen molar-refractivity contribution in [2.24, 2.45) is 0 Å². The van der Waals surface area contributed by atoms with Gasteiger partial charge in [-0.05, 0) is 103 Å². The zero-order valence-electron chi connectivity index (χ0n) is 43.9. The summed E-state index contributed by atoms with van der Waals surface area (Å²) >= 11 is 1.68.